The molecule has 0 aliphatic heterocycles. The van der Waals surface area contributed by atoms with Crippen LogP contribution in [0, 0.1) is 0 Å². The molecule has 3 aromatic carbocycles. The van der Waals surface area contributed by atoms with Crippen molar-refractivity contribution in [3.8, 4) is 0 Å². The van der Waals surface area contributed by atoms with E-state index >= 15 is 0 Å². The van der Waals surface area contributed by atoms with Crippen molar-refractivity contribution in [1.82, 2.24) is 9.55 Å². The zero-order valence-corrected chi connectivity index (χ0v) is 21.0. The van der Waals surface area contributed by atoms with Gasteiger partial charge in [0.2, 0.25) is 5.91 Å². The van der Waals surface area contributed by atoms with Gasteiger partial charge in [-0.05, 0) is 35.9 Å². The molecule has 0 aliphatic rings. The molecule has 0 unspecified atom stereocenters. The fourth-order valence-electron chi connectivity index (χ4n) is 3.62. The van der Waals surface area contributed by atoms with Gasteiger partial charge in [0.1, 0.15) is 5.25 Å². The second kappa shape index (κ2) is 11.4. The molecule has 37 heavy (non-hydrogen) atoms. The lowest BCUT2D eigenvalue weighted by atomic mass is 10.1. The van der Waals surface area contributed by atoms with Gasteiger partial charge in [-0.25, -0.2) is 4.98 Å². The fraction of sp³-hybridized carbons (Fsp3) is 0.192. The Bertz CT molecular complexity index is 1480. The summed E-state index contributed by atoms with van der Waals surface area (Å²) >= 11 is 7.12. The number of hydrogen-bond acceptors (Lipinski definition) is 5. The van der Waals surface area contributed by atoms with Gasteiger partial charge in [0.15, 0.2) is 5.16 Å². The monoisotopic (exact) mass is 547 g/mol. The van der Waals surface area contributed by atoms with E-state index in [0.29, 0.717) is 16.5 Å². The summed E-state index contributed by atoms with van der Waals surface area (Å²) in [6.45, 7) is 0.424. The highest BCUT2D eigenvalue weighted by atomic mass is 35.5. The minimum absolute atomic E-state index is 0.0426. The highest BCUT2D eigenvalue weighted by Gasteiger charge is 2.32. The van der Waals surface area contributed by atoms with Crippen LogP contribution in [0.1, 0.15) is 16.4 Å². The van der Waals surface area contributed by atoms with Crippen LogP contribution in [0.5, 0.6) is 0 Å². The molecule has 0 radical (unpaired) electrons. The van der Waals surface area contributed by atoms with E-state index in [2.05, 4.69) is 10.3 Å². The summed E-state index contributed by atoms with van der Waals surface area (Å²) in [6, 6.07) is 18.2. The zero-order chi connectivity index (χ0) is 26.6. The Hall–Kier alpha value is -3.34. The van der Waals surface area contributed by atoms with Gasteiger partial charge in [0.25, 0.3) is 5.56 Å². The summed E-state index contributed by atoms with van der Waals surface area (Å²) in [5.74, 6) is -0.627. The number of hydrogen-bond donors (Lipinski definition) is 1. The van der Waals surface area contributed by atoms with Crippen LogP contribution in [-0.4, -0.2) is 29.2 Å². The van der Waals surface area contributed by atoms with Crippen molar-refractivity contribution in [2.24, 2.45) is 0 Å². The normalized spacial score (nSPS) is 12.5. The van der Waals surface area contributed by atoms with Crippen molar-refractivity contribution in [2.75, 3.05) is 19.0 Å². The van der Waals surface area contributed by atoms with Crippen molar-refractivity contribution in [3.05, 3.63) is 99.3 Å². The number of benzene rings is 3. The van der Waals surface area contributed by atoms with E-state index in [1.54, 1.807) is 54.6 Å². The topological polar surface area (TPSA) is 73.2 Å². The van der Waals surface area contributed by atoms with E-state index in [0.717, 1.165) is 30.0 Å². The van der Waals surface area contributed by atoms with Crippen LogP contribution in [0.2, 0.25) is 5.02 Å². The predicted molar refractivity (Wildman–Crippen MR) is 138 cm³/mol. The number of nitrogens with zero attached hydrogens (tertiary/aromatic N) is 2. The summed E-state index contributed by atoms with van der Waals surface area (Å²) in [5.41, 5.74) is -0.393. The molecule has 1 amide bonds. The molecule has 11 heteroatoms. The number of carbonyl (C=O) groups is 1. The summed E-state index contributed by atoms with van der Waals surface area (Å²) in [5, 5.41) is 2.20. The predicted octanol–water partition coefficient (Wildman–Crippen LogP) is 6.19. The quantitative estimate of drug-likeness (QED) is 0.210. The molecule has 0 fully saturated rings. The molecule has 4 aromatic rings. The first-order valence-electron chi connectivity index (χ1n) is 11.1. The molecule has 192 valence electrons. The molecule has 1 aromatic heterocycles. The third kappa shape index (κ3) is 6.15. The molecule has 0 aliphatic carbocycles. The lowest BCUT2D eigenvalue weighted by Crippen LogP contribution is -2.27. The Morgan fingerprint density at radius 3 is 2.51 bits per heavy atom. The maximum atomic E-state index is 13.5. The van der Waals surface area contributed by atoms with Crippen LogP contribution in [0.4, 0.5) is 18.9 Å². The number of ether oxygens (including phenoxy) is 1. The lowest BCUT2D eigenvalue weighted by Gasteiger charge is -2.20. The zero-order valence-electron chi connectivity index (χ0n) is 19.5. The number of aromatic nitrogens is 2. The van der Waals surface area contributed by atoms with E-state index in [9.17, 15) is 22.8 Å². The van der Waals surface area contributed by atoms with E-state index in [4.69, 9.17) is 16.3 Å². The summed E-state index contributed by atoms with van der Waals surface area (Å²) in [6.07, 6.45) is -4.61. The summed E-state index contributed by atoms with van der Waals surface area (Å²) < 4.78 is 46.3. The Balaban J connectivity index is 1.76. The van der Waals surface area contributed by atoms with Crippen LogP contribution in [-0.2, 0) is 22.3 Å². The number of methoxy groups -OCH3 is 1. The second-order valence-electron chi connectivity index (χ2n) is 7.95. The van der Waals surface area contributed by atoms with Crippen LogP contribution in [0.3, 0.4) is 0 Å². The van der Waals surface area contributed by atoms with E-state index in [1.165, 1.54) is 11.7 Å². The largest absolute Gasteiger partial charge is 0.416 e. The van der Waals surface area contributed by atoms with Crippen molar-refractivity contribution < 1.29 is 22.7 Å². The molecule has 4 rings (SSSR count). The first-order chi connectivity index (χ1) is 17.7. The molecular weight excluding hydrogens is 527 g/mol. The van der Waals surface area contributed by atoms with Gasteiger partial charge in [0.05, 0.1) is 40.3 Å². The van der Waals surface area contributed by atoms with Crippen LogP contribution in [0.25, 0.3) is 10.9 Å². The third-order valence-electron chi connectivity index (χ3n) is 5.46. The van der Waals surface area contributed by atoms with E-state index in [1.807, 2.05) is 0 Å². The minimum atomic E-state index is -4.61. The highest BCUT2D eigenvalue weighted by molar-refractivity contribution is 8.00. The van der Waals surface area contributed by atoms with Gasteiger partial charge in [-0.1, -0.05) is 65.8 Å². The summed E-state index contributed by atoms with van der Waals surface area (Å²) in [4.78, 5) is 31.4. The highest BCUT2D eigenvalue weighted by Crippen LogP contribution is 2.38. The Morgan fingerprint density at radius 2 is 1.81 bits per heavy atom. The Morgan fingerprint density at radius 1 is 1.11 bits per heavy atom. The minimum Gasteiger partial charge on any atom is -0.383 e. The molecule has 1 N–H and O–H groups in total. The van der Waals surface area contributed by atoms with Crippen molar-refractivity contribution in [3.63, 3.8) is 0 Å². The van der Waals surface area contributed by atoms with Gasteiger partial charge >= 0.3 is 6.18 Å². The first-order valence-corrected chi connectivity index (χ1v) is 12.3. The van der Waals surface area contributed by atoms with Gasteiger partial charge in [-0.3, -0.25) is 14.2 Å². The fourth-order valence-corrected chi connectivity index (χ4v) is 4.91. The molecule has 1 atom stereocenters. The number of carbonyl (C=O) groups excluding carboxylic acids is 1. The number of thioether (sulfide) groups is 1. The number of alkyl halides is 3. The number of amides is 1. The SMILES string of the molecule is COCCn1c(S[C@@H](C(=O)Nc2cc(C(F)(F)F)ccc2Cl)c2ccccc2)nc2ccccc2c1=O. The van der Waals surface area contributed by atoms with Crippen LogP contribution in [0.15, 0.2) is 82.7 Å². The molecule has 1 heterocycles. The molecule has 0 saturated heterocycles. The van der Waals surface area contributed by atoms with Gasteiger partial charge in [-0.2, -0.15) is 13.2 Å². The molecule has 6 nitrogen and oxygen atoms in total. The van der Waals surface area contributed by atoms with Crippen LogP contribution >= 0.6 is 23.4 Å². The van der Waals surface area contributed by atoms with Gasteiger partial charge < -0.3 is 10.1 Å². The maximum absolute atomic E-state index is 13.5. The van der Waals surface area contributed by atoms with E-state index < -0.39 is 22.9 Å². The number of nitrogens with one attached hydrogen (secondary N) is 1. The van der Waals surface area contributed by atoms with Gasteiger partial charge in [0, 0.05) is 7.11 Å². The van der Waals surface area contributed by atoms with E-state index in [-0.39, 0.29) is 34.6 Å². The molecular formula is C26H21ClF3N3O3S. The Kier molecular flexibility index (Phi) is 8.21. The second-order valence-corrected chi connectivity index (χ2v) is 9.43. The van der Waals surface area contributed by atoms with Crippen molar-refractivity contribution >= 4 is 45.9 Å². The molecule has 0 saturated carbocycles. The van der Waals surface area contributed by atoms with Crippen molar-refractivity contribution in [2.45, 2.75) is 23.1 Å². The summed E-state index contributed by atoms with van der Waals surface area (Å²) in [7, 11) is 1.51. The first kappa shape index (κ1) is 26.7. The molecule has 0 bridgehead atoms. The number of fused-ring (bicyclic) bond motifs is 1. The maximum Gasteiger partial charge on any atom is 0.416 e. The standard InChI is InChI=1S/C26H21ClF3N3O3S/c1-36-14-13-33-24(35)18-9-5-6-10-20(18)32-25(33)37-22(16-7-3-2-4-8-16)23(34)31-21-15-17(26(28,29)30)11-12-19(21)27/h2-12,15,22H,13-14H2,1H3,(H,31,34)/t22-/m1/s1. The average molecular weight is 548 g/mol. The number of anilines is 1. The van der Waals surface area contributed by atoms with Crippen molar-refractivity contribution in [1.29, 1.82) is 0 Å². The average Bonchev–Trinajstić information content (AvgIpc) is 2.88. The smallest absolute Gasteiger partial charge is 0.383 e. The third-order valence-corrected chi connectivity index (χ3v) is 7.03. The van der Waals surface area contributed by atoms with Crippen LogP contribution < -0.4 is 10.9 Å². The number of rotatable bonds is 8. The number of halogens is 4. The lowest BCUT2D eigenvalue weighted by molar-refractivity contribution is -0.137. The molecule has 0 spiro atoms. The number of para-hydroxylation sites is 1. The van der Waals surface area contributed by atoms with Gasteiger partial charge in [-0.15, -0.1) is 0 Å². The Labute approximate surface area is 219 Å².